The van der Waals surface area contributed by atoms with Crippen molar-refractivity contribution in [1.29, 1.82) is 0 Å². The SMILES string of the molecule is Oc1ccccc1-c1nc2c(-c3cc(-c4ccccc4)cc(-c4cc5oc6cc7ccccc7cc6c5cn4)c3)cccc2n1-c1ccccc1. The van der Waals surface area contributed by atoms with Crippen LogP contribution in [-0.2, 0) is 0 Å². The first-order chi connectivity index (χ1) is 25.2. The van der Waals surface area contributed by atoms with Gasteiger partial charge in [-0.3, -0.25) is 9.55 Å². The summed E-state index contributed by atoms with van der Waals surface area (Å²) in [5.41, 5.74) is 11.0. The van der Waals surface area contributed by atoms with Crippen LogP contribution in [0.2, 0.25) is 0 Å². The summed E-state index contributed by atoms with van der Waals surface area (Å²) in [5.74, 6) is 0.853. The van der Waals surface area contributed by atoms with Gasteiger partial charge >= 0.3 is 0 Å². The van der Waals surface area contributed by atoms with Crippen molar-refractivity contribution in [3.63, 3.8) is 0 Å². The number of pyridine rings is 1. The summed E-state index contributed by atoms with van der Waals surface area (Å²) < 4.78 is 8.57. The number of furan rings is 1. The second-order valence-electron chi connectivity index (χ2n) is 12.8. The quantitative estimate of drug-likeness (QED) is 0.200. The molecule has 0 saturated carbocycles. The molecule has 5 heteroatoms. The monoisotopic (exact) mass is 655 g/mol. The number of benzene rings is 7. The number of aromatic hydroxyl groups is 1. The molecule has 0 radical (unpaired) electrons. The molecule has 0 aliphatic heterocycles. The first-order valence-electron chi connectivity index (χ1n) is 17.0. The smallest absolute Gasteiger partial charge is 0.149 e. The summed E-state index contributed by atoms with van der Waals surface area (Å²) in [7, 11) is 0. The first kappa shape index (κ1) is 29.0. The number of hydrogen-bond donors (Lipinski definition) is 1. The van der Waals surface area contributed by atoms with E-state index >= 15 is 0 Å². The van der Waals surface area contributed by atoms with Gasteiger partial charge in [0.25, 0.3) is 0 Å². The Morgan fingerprint density at radius 3 is 2.00 bits per heavy atom. The molecule has 1 N–H and O–H groups in total. The van der Waals surface area contributed by atoms with Crippen LogP contribution in [0.15, 0.2) is 174 Å². The third-order valence-electron chi connectivity index (χ3n) is 9.72. The lowest BCUT2D eigenvalue weighted by atomic mass is 9.94. The van der Waals surface area contributed by atoms with E-state index in [0.29, 0.717) is 11.4 Å². The molecule has 3 aromatic heterocycles. The summed E-state index contributed by atoms with van der Waals surface area (Å²) >= 11 is 0. The number of phenols is 1. The zero-order chi connectivity index (χ0) is 33.9. The Morgan fingerprint density at radius 2 is 1.18 bits per heavy atom. The number of phenolic OH excluding ortho intramolecular Hbond substituents is 1. The van der Waals surface area contributed by atoms with Crippen molar-refractivity contribution in [3.8, 4) is 56.3 Å². The highest BCUT2D eigenvalue weighted by Crippen LogP contribution is 2.40. The second-order valence-corrected chi connectivity index (χ2v) is 12.8. The highest BCUT2D eigenvalue weighted by Gasteiger charge is 2.20. The molecule has 0 fully saturated rings. The zero-order valence-electron chi connectivity index (χ0n) is 27.4. The van der Waals surface area contributed by atoms with Gasteiger partial charge in [0.15, 0.2) is 0 Å². The van der Waals surface area contributed by atoms with Crippen LogP contribution < -0.4 is 0 Å². The van der Waals surface area contributed by atoms with Crippen molar-refractivity contribution in [1.82, 2.24) is 14.5 Å². The summed E-state index contributed by atoms with van der Waals surface area (Å²) in [6, 6.07) is 55.5. The van der Waals surface area contributed by atoms with Gasteiger partial charge in [-0.1, -0.05) is 97.1 Å². The van der Waals surface area contributed by atoms with E-state index < -0.39 is 0 Å². The van der Waals surface area contributed by atoms with Crippen LogP contribution in [0.25, 0.3) is 94.3 Å². The third kappa shape index (κ3) is 4.86. The Hall–Kier alpha value is -6.98. The molecule has 240 valence electrons. The Bertz CT molecular complexity index is 2920. The first-order valence-corrected chi connectivity index (χ1v) is 17.0. The third-order valence-corrected chi connectivity index (χ3v) is 9.72. The van der Waals surface area contributed by atoms with E-state index in [0.717, 1.165) is 77.6 Å². The highest BCUT2D eigenvalue weighted by atomic mass is 16.3. The highest BCUT2D eigenvalue weighted by molar-refractivity contribution is 6.10. The number of nitrogens with zero attached hydrogens (tertiary/aromatic N) is 3. The Kier molecular flexibility index (Phi) is 6.58. The van der Waals surface area contributed by atoms with Crippen molar-refractivity contribution in [2.75, 3.05) is 0 Å². The van der Waals surface area contributed by atoms with E-state index in [1.165, 1.54) is 5.39 Å². The minimum absolute atomic E-state index is 0.181. The van der Waals surface area contributed by atoms with Gasteiger partial charge < -0.3 is 9.52 Å². The molecule has 0 unspecified atom stereocenters. The molecule has 0 bridgehead atoms. The number of imidazole rings is 1. The van der Waals surface area contributed by atoms with Gasteiger partial charge in [0.2, 0.25) is 0 Å². The lowest BCUT2D eigenvalue weighted by Gasteiger charge is -2.12. The second kappa shape index (κ2) is 11.6. The van der Waals surface area contributed by atoms with Crippen LogP contribution in [0.1, 0.15) is 0 Å². The Morgan fingerprint density at radius 1 is 0.510 bits per heavy atom. The molecule has 3 heterocycles. The predicted octanol–water partition coefficient (Wildman–Crippen LogP) is 11.8. The van der Waals surface area contributed by atoms with Gasteiger partial charge in [-0.25, -0.2) is 4.98 Å². The van der Waals surface area contributed by atoms with E-state index in [-0.39, 0.29) is 5.75 Å². The number of para-hydroxylation sites is 3. The fraction of sp³-hybridized carbons (Fsp3) is 0. The van der Waals surface area contributed by atoms with Crippen molar-refractivity contribution >= 4 is 43.7 Å². The van der Waals surface area contributed by atoms with E-state index in [9.17, 15) is 5.11 Å². The molecule has 0 aliphatic rings. The molecular weight excluding hydrogens is 627 g/mol. The molecular formula is C46H29N3O2. The minimum atomic E-state index is 0.181. The number of rotatable bonds is 5. The maximum Gasteiger partial charge on any atom is 0.149 e. The van der Waals surface area contributed by atoms with E-state index in [4.69, 9.17) is 14.4 Å². The minimum Gasteiger partial charge on any atom is -0.507 e. The van der Waals surface area contributed by atoms with Crippen LogP contribution in [0.4, 0.5) is 0 Å². The van der Waals surface area contributed by atoms with Crippen LogP contribution in [0, 0.1) is 0 Å². The number of hydrogen-bond acceptors (Lipinski definition) is 4. The van der Waals surface area contributed by atoms with Crippen molar-refractivity contribution in [3.05, 3.63) is 170 Å². The average Bonchev–Trinajstić information content (AvgIpc) is 3.75. The Labute approximate surface area is 293 Å². The van der Waals surface area contributed by atoms with Crippen LogP contribution in [0.5, 0.6) is 5.75 Å². The summed E-state index contributed by atoms with van der Waals surface area (Å²) in [4.78, 5) is 10.3. The molecule has 0 amide bonds. The lowest BCUT2D eigenvalue weighted by Crippen LogP contribution is -1.97. The largest absolute Gasteiger partial charge is 0.507 e. The lowest BCUT2D eigenvalue weighted by molar-refractivity contribution is 0.477. The summed E-state index contributed by atoms with van der Waals surface area (Å²) in [6.45, 7) is 0. The standard InChI is InChI=1S/C46H29N3O2/c50-42-21-10-9-18-37(42)46-48-45-36(19-11-20-41(45)49(46)35-16-5-2-6-17-35)33-22-32(29-12-3-1-4-13-29)23-34(24-33)40-27-44-39(28-47-40)38-25-30-14-7-8-15-31(30)26-43(38)51-44/h1-28,50H. The molecule has 0 spiro atoms. The summed E-state index contributed by atoms with van der Waals surface area (Å²) in [5, 5.41) is 15.3. The molecule has 7 aromatic carbocycles. The normalized spacial score (nSPS) is 11.6. The molecule has 5 nitrogen and oxygen atoms in total. The van der Waals surface area contributed by atoms with E-state index in [2.05, 4.69) is 114 Å². The van der Waals surface area contributed by atoms with E-state index in [1.807, 2.05) is 54.7 Å². The molecule has 51 heavy (non-hydrogen) atoms. The average molecular weight is 656 g/mol. The van der Waals surface area contributed by atoms with Gasteiger partial charge in [0, 0.05) is 39.8 Å². The fourth-order valence-corrected chi connectivity index (χ4v) is 7.26. The van der Waals surface area contributed by atoms with Gasteiger partial charge in [0.1, 0.15) is 22.7 Å². The molecule has 10 rings (SSSR count). The maximum atomic E-state index is 11.0. The van der Waals surface area contributed by atoms with Crippen LogP contribution in [0.3, 0.4) is 0 Å². The van der Waals surface area contributed by atoms with E-state index in [1.54, 1.807) is 6.07 Å². The fourth-order valence-electron chi connectivity index (χ4n) is 7.26. The Balaban J connectivity index is 1.19. The van der Waals surface area contributed by atoms with Crippen molar-refractivity contribution < 1.29 is 9.52 Å². The molecule has 0 saturated heterocycles. The topological polar surface area (TPSA) is 64.1 Å². The van der Waals surface area contributed by atoms with Crippen molar-refractivity contribution in [2.45, 2.75) is 0 Å². The van der Waals surface area contributed by atoms with Gasteiger partial charge in [-0.15, -0.1) is 0 Å². The molecule has 0 atom stereocenters. The molecule has 10 aromatic rings. The predicted molar refractivity (Wildman–Crippen MR) is 207 cm³/mol. The molecule has 0 aliphatic carbocycles. The zero-order valence-corrected chi connectivity index (χ0v) is 27.4. The van der Waals surface area contributed by atoms with Crippen LogP contribution >= 0.6 is 0 Å². The van der Waals surface area contributed by atoms with Crippen molar-refractivity contribution in [2.24, 2.45) is 0 Å². The van der Waals surface area contributed by atoms with Gasteiger partial charge in [0.05, 0.1) is 22.3 Å². The summed E-state index contributed by atoms with van der Waals surface area (Å²) in [6.07, 6.45) is 1.93. The van der Waals surface area contributed by atoms with Gasteiger partial charge in [-0.05, 0) is 88.1 Å². The maximum absolute atomic E-state index is 11.0. The number of aromatic nitrogens is 3. The number of fused-ring (bicyclic) bond motifs is 5. The van der Waals surface area contributed by atoms with Gasteiger partial charge in [-0.2, -0.15) is 0 Å². The van der Waals surface area contributed by atoms with Crippen LogP contribution in [-0.4, -0.2) is 19.6 Å².